The van der Waals surface area contributed by atoms with Gasteiger partial charge in [-0.1, -0.05) is 35.5 Å². The number of thioether (sulfide) groups is 1. The third-order valence-electron chi connectivity index (χ3n) is 3.62. The Kier molecular flexibility index (Phi) is 4.94. The molecule has 5 heteroatoms. The van der Waals surface area contributed by atoms with Gasteiger partial charge >= 0.3 is 0 Å². The first-order valence-corrected chi connectivity index (χ1v) is 7.89. The first-order chi connectivity index (χ1) is 9.52. The fourth-order valence-corrected chi connectivity index (χ4v) is 3.83. The van der Waals surface area contributed by atoms with Crippen molar-refractivity contribution in [3.8, 4) is 0 Å². The Morgan fingerprint density at radius 2 is 2.15 bits per heavy atom. The van der Waals surface area contributed by atoms with Gasteiger partial charge in [0.2, 0.25) is 0 Å². The van der Waals surface area contributed by atoms with Crippen LogP contribution < -0.4 is 5.73 Å². The number of amidine groups is 1. The van der Waals surface area contributed by atoms with Crippen LogP contribution in [-0.2, 0) is 0 Å². The van der Waals surface area contributed by atoms with Crippen LogP contribution in [0.4, 0.5) is 0 Å². The number of rotatable bonds is 4. The van der Waals surface area contributed by atoms with Gasteiger partial charge in [0.1, 0.15) is 5.84 Å². The number of nitrogens with two attached hydrogens (primary N) is 1. The zero-order chi connectivity index (χ0) is 14.6. The van der Waals surface area contributed by atoms with Crippen molar-refractivity contribution in [1.29, 1.82) is 0 Å². The summed E-state index contributed by atoms with van der Waals surface area (Å²) < 4.78 is 0.268. The van der Waals surface area contributed by atoms with E-state index in [0.29, 0.717) is 0 Å². The van der Waals surface area contributed by atoms with Crippen LogP contribution in [0, 0.1) is 0 Å². The van der Waals surface area contributed by atoms with Gasteiger partial charge in [0, 0.05) is 30.1 Å². The molecule has 0 bridgehead atoms. The van der Waals surface area contributed by atoms with E-state index in [9.17, 15) is 0 Å². The molecule has 0 spiro atoms. The van der Waals surface area contributed by atoms with Crippen molar-refractivity contribution >= 4 is 17.6 Å². The highest BCUT2D eigenvalue weighted by Gasteiger charge is 2.29. The van der Waals surface area contributed by atoms with Crippen molar-refractivity contribution < 1.29 is 5.21 Å². The first-order valence-electron chi connectivity index (χ1n) is 6.90. The Morgan fingerprint density at radius 3 is 2.75 bits per heavy atom. The summed E-state index contributed by atoms with van der Waals surface area (Å²) in [5.41, 5.74) is 7.00. The van der Waals surface area contributed by atoms with Crippen molar-refractivity contribution in [1.82, 2.24) is 4.90 Å². The molecule has 1 heterocycles. The van der Waals surface area contributed by atoms with Crippen molar-refractivity contribution in [3.63, 3.8) is 0 Å². The Morgan fingerprint density at radius 1 is 1.45 bits per heavy atom. The Labute approximate surface area is 125 Å². The fraction of sp³-hybridized carbons (Fsp3) is 0.533. The van der Waals surface area contributed by atoms with E-state index >= 15 is 0 Å². The van der Waals surface area contributed by atoms with Crippen LogP contribution in [0.15, 0.2) is 35.5 Å². The van der Waals surface area contributed by atoms with E-state index in [1.54, 1.807) is 0 Å². The molecule has 110 valence electrons. The molecule has 0 amide bonds. The minimum Gasteiger partial charge on any atom is -0.409 e. The molecule has 0 radical (unpaired) electrons. The van der Waals surface area contributed by atoms with Crippen LogP contribution in [0.3, 0.4) is 0 Å². The summed E-state index contributed by atoms with van der Waals surface area (Å²) in [7, 11) is 0. The van der Waals surface area contributed by atoms with Gasteiger partial charge in [-0.05, 0) is 19.4 Å². The minimum atomic E-state index is -0.0555. The molecule has 4 nitrogen and oxygen atoms in total. The summed E-state index contributed by atoms with van der Waals surface area (Å²) in [4.78, 5) is 2.41. The van der Waals surface area contributed by atoms with E-state index in [1.807, 2.05) is 42.1 Å². The van der Waals surface area contributed by atoms with E-state index in [2.05, 4.69) is 23.9 Å². The predicted octanol–water partition coefficient (Wildman–Crippen LogP) is 2.34. The molecule has 1 fully saturated rings. The Bertz CT molecular complexity index is 461. The fourth-order valence-electron chi connectivity index (χ4n) is 2.65. The van der Waals surface area contributed by atoms with Crippen LogP contribution in [0.2, 0.25) is 0 Å². The molecule has 1 atom stereocenters. The third kappa shape index (κ3) is 3.90. The highest BCUT2D eigenvalue weighted by atomic mass is 32.2. The summed E-state index contributed by atoms with van der Waals surface area (Å²) >= 11 is 2.01. The minimum absolute atomic E-state index is 0.0555. The number of benzene rings is 1. The summed E-state index contributed by atoms with van der Waals surface area (Å²) in [6.07, 6.45) is 0. The van der Waals surface area contributed by atoms with Crippen LogP contribution in [0.1, 0.15) is 25.3 Å². The van der Waals surface area contributed by atoms with E-state index in [4.69, 9.17) is 10.9 Å². The molecule has 0 aliphatic carbocycles. The second kappa shape index (κ2) is 6.50. The van der Waals surface area contributed by atoms with Crippen molar-refractivity contribution in [3.05, 3.63) is 35.9 Å². The van der Waals surface area contributed by atoms with Crippen LogP contribution in [0.5, 0.6) is 0 Å². The molecule has 1 saturated heterocycles. The molecule has 1 aromatic rings. The number of hydrogen-bond donors (Lipinski definition) is 2. The Balaban J connectivity index is 2.13. The van der Waals surface area contributed by atoms with Gasteiger partial charge in [-0.3, -0.25) is 0 Å². The molecular formula is C15H23N3OS. The average molecular weight is 293 g/mol. The average Bonchev–Trinajstić information content (AvgIpc) is 2.44. The van der Waals surface area contributed by atoms with Gasteiger partial charge in [-0.2, -0.15) is 11.8 Å². The van der Waals surface area contributed by atoms with Gasteiger partial charge in [0.25, 0.3) is 0 Å². The molecule has 1 aliphatic rings. The molecule has 20 heavy (non-hydrogen) atoms. The van der Waals surface area contributed by atoms with E-state index < -0.39 is 0 Å². The molecular weight excluding hydrogens is 270 g/mol. The maximum absolute atomic E-state index is 9.04. The second-order valence-electron chi connectivity index (χ2n) is 5.83. The molecule has 0 saturated carbocycles. The zero-order valence-electron chi connectivity index (χ0n) is 12.1. The van der Waals surface area contributed by atoms with E-state index in [-0.39, 0.29) is 16.5 Å². The lowest BCUT2D eigenvalue weighted by molar-refractivity contribution is 0.254. The lowest BCUT2D eigenvalue weighted by atomic mass is 9.97. The number of oxime groups is 1. The van der Waals surface area contributed by atoms with Crippen molar-refractivity contribution in [2.75, 3.05) is 25.4 Å². The van der Waals surface area contributed by atoms with Gasteiger partial charge < -0.3 is 15.8 Å². The van der Waals surface area contributed by atoms with Gasteiger partial charge in [0.05, 0.1) is 5.92 Å². The topological polar surface area (TPSA) is 61.8 Å². The van der Waals surface area contributed by atoms with Gasteiger partial charge in [0.15, 0.2) is 0 Å². The standard InChI is InChI=1S/C15H23N3OS/c1-15(2)11-18(8-9-20-15)10-13(14(16)17-19)12-6-4-3-5-7-12/h3-7,13,19H,8-11H2,1-2H3,(H2,16,17). The van der Waals surface area contributed by atoms with Crippen molar-refractivity contribution in [2.24, 2.45) is 10.9 Å². The Hall–Kier alpha value is -1.20. The molecule has 1 aromatic carbocycles. The van der Waals surface area contributed by atoms with Gasteiger partial charge in [-0.15, -0.1) is 0 Å². The summed E-state index contributed by atoms with van der Waals surface area (Å²) in [6, 6.07) is 10.0. The maximum atomic E-state index is 9.04. The van der Waals surface area contributed by atoms with E-state index in [1.165, 1.54) is 0 Å². The quantitative estimate of drug-likeness (QED) is 0.387. The molecule has 0 aromatic heterocycles. The third-order valence-corrected chi connectivity index (χ3v) is 4.92. The maximum Gasteiger partial charge on any atom is 0.147 e. The predicted molar refractivity (Wildman–Crippen MR) is 85.6 cm³/mol. The molecule has 1 unspecified atom stereocenters. The lowest BCUT2D eigenvalue weighted by Crippen LogP contribution is -2.46. The second-order valence-corrected chi connectivity index (χ2v) is 7.63. The summed E-state index contributed by atoms with van der Waals surface area (Å²) in [6.45, 7) is 7.41. The van der Waals surface area contributed by atoms with Crippen LogP contribution >= 0.6 is 11.8 Å². The summed E-state index contributed by atoms with van der Waals surface area (Å²) in [5, 5.41) is 12.3. The highest BCUT2D eigenvalue weighted by molar-refractivity contribution is 8.00. The van der Waals surface area contributed by atoms with Gasteiger partial charge in [-0.25, -0.2) is 0 Å². The molecule has 2 rings (SSSR count). The summed E-state index contributed by atoms with van der Waals surface area (Å²) in [5.74, 6) is 1.36. The van der Waals surface area contributed by atoms with Crippen LogP contribution in [0.25, 0.3) is 0 Å². The van der Waals surface area contributed by atoms with E-state index in [0.717, 1.165) is 31.0 Å². The highest BCUT2D eigenvalue weighted by Crippen LogP contribution is 2.30. The monoisotopic (exact) mass is 293 g/mol. The largest absolute Gasteiger partial charge is 0.409 e. The SMILES string of the molecule is CC1(C)CN(CC(/C(N)=N/O)c2ccccc2)CCS1. The smallest absolute Gasteiger partial charge is 0.147 e. The molecule has 3 N–H and O–H groups in total. The number of nitrogens with zero attached hydrogens (tertiary/aromatic N) is 2. The number of hydrogen-bond acceptors (Lipinski definition) is 4. The molecule has 1 aliphatic heterocycles. The van der Waals surface area contributed by atoms with Crippen LogP contribution in [-0.4, -0.2) is 46.1 Å². The normalized spacial score (nSPS) is 21.6. The lowest BCUT2D eigenvalue weighted by Gasteiger charge is -2.39. The first kappa shape index (κ1) is 15.2. The van der Waals surface area contributed by atoms with Crippen molar-refractivity contribution in [2.45, 2.75) is 24.5 Å². The zero-order valence-corrected chi connectivity index (χ0v) is 12.9.